The Morgan fingerprint density at radius 2 is 2.12 bits per heavy atom. The van der Waals surface area contributed by atoms with Gasteiger partial charge in [0, 0.05) is 11.6 Å². The number of aliphatic hydroxyl groups excluding tert-OH is 1. The highest BCUT2D eigenvalue weighted by molar-refractivity contribution is 5.85. The quantitative estimate of drug-likeness (QED) is 0.830. The first-order valence-electron chi connectivity index (χ1n) is 4.94. The summed E-state index contributed by atoms with van der Waals surface area (Å²) < 4.78 is 5.20. The van der Waals surface area contributed by atoms with Crippen LogP contribution in [0.5, 0.6) is 5.75 Å². The van der Waals surface area contributed by atoms with Crippen LogP contribution in [0.3, 0.4) is 0 Å². The van der Waals surface area contributed by atoms with E-state index in [-0.39, 0.29) is 25.1 Å². The number of para-hydroxylation sites is 1. The number of rotatable bonds is 5. The van der Waals surface area contributed by atoms with Gasteiger partial charge in [0.15, 0.2) is 0 Å². The monoisotopic (exact) mass is 243 g/mol. The fraction of sp³-hybridized carbons (Fsp3) is 0.333. The third-order valence-electron chi connectivity index (χ3n) is 2.11. The van der Waals surface area contributed by atoms with Crippen LogP contribution in [-0.2, 0) is 0 Å². The van der Waals surface area contributed by atoms with Crippen molar-refractivity contribution in [1.29, 1.82) is 0 Å². The SMILES string of the molecule is COc1ccccc1/C=C/CC(N)CO.Cl. The minimum atomic E-state index is -0.184. The lowest BCUT2D eigenvalue weighted by Gasteiger charge is -2.05. The molecule has 0 radical (unpaired) electrons. The molecule has 0 spiro atoms. The maximum atomic E-state index is 8.75. The number of ether oxygens (including phenoxy) is 1. The van der Waals surface area contributed by atoms with Crippen LogP contribution in [0.4, 0.5) is 0 Å². The van der Waals surface area contributed by atoms with E-state index in [1.807, 2.05) is 36.4 Å². The average molecular weight is 244 g/mol. The zero-order chi connectivity index (χ0) is 11.1. The van der Waals surface area contributed by atoms with Crippen LogP contribution in [-0.4, -0.2) is 24.9 Å². The summed E-state index contributed by atoms with van der Waals surface area (Å²) in [6.07, 6.45) is 4.56. The second-order valence-electron chi connectivity index (χ2n) is 3.32. The topological polar surface area (TPSA) is 55.5 Å². The molecule has 0 aliphatic carbocycles. The van der Waals surface area contributed by atoms with Crippen molar-refractivity contribution in [2.24, 2.45) is 5.73 Å². The summed E-state index contributed by atoms with van der Waals surface area (Å²) in [7, 11) is 1.64. The van der Waals surface area contributed by atoms with Crippen molar-refractivity contribution in [2.45, 2.75) is 12.5 Å². The molecule has 0 aliphatic heterocycles. The van der Waals surface area contributed by atoms with Gasteiger partial charge >= 0.3 is 0 Å². The maximum absolute atomic E-state index is 8.75. The highest BCUT2D eigenvalue weighted by atomic mass is 35.5. The summed E-state index contributed by atoms with van der Waals surface area (Å²) in [6.45, 7) is 0.0102. The van der Waals surface area contributed by atoms with Crippen molar-refractivity contribution in [3.05, 3.63) is 35.9 Å². The molecular weight excluding hydrogens is 226 g/mol. The zero-order valence-electron chi connectivity index (χ0n) is 9.30. The van der Waals surface area contributed by atoms with Crippen molar-refractivity contribution >= 4 is 18.5 Å². The van der Waals surface area contributed by atoms with E-state index in [0.29, 0.717) is 6.42 Å². The predicted octanol–water partition coefficient (Wildman–Crippen LogP) is 1.84. The van der Waals surface area contributed by atoms with Gasteiger partial charge in [0.25, 0.3) is 0 Å². The van der Waals surface area contributed by atoms with Gasteiger partial charge in [-0.05, 0) is 12.5 Å². The van der Waals surface area contributed by atoms with E-state index in [0.717, 1.165) is 11.3 Å². The van der Waals surface area contributed by atoms with Crippen LogP contribution in [0, 0.1) is 0 Å². The minimum Gasteiger partial charge on any atom is -0.496 e. The molecular formula is C12H18ClNO2. The van der Waals surface area contributed by atoms with Crippen LogP contribution >= 0.6 is 12.4 Å². The smallest absolute Gasteiger partial charge is 0.126 e. The third-order valence-corrected chi connectivity index (χ3v) is 2.11. The summed E-state index contributed by atoms with van der Waals surface area (Å²) >= 11 is 0. The van der Waals surface area contributed by atoms with Crippen molar-refractivity contribution in [1.82, 2.24) is 0 Å². The Morgan fingerprint density at radius 1 is 1.44 bits per heavy atom. The number of halogens is 1. The summed E-state index contributed by atoms with van der Waals surface area (Å²) in [4.78, 5) is 0. The highest BCUT2D eigenvalue weighted by Gasteiger charge is 1.98. The Labute approximate surface area is 102 Å². The average Bonchev–Trinajstić information content (AvgIpc) is 2.29. The molecule has 16 heavy (non-hydrogen) atoms. The number of nitrogens with two attached hydrogens (primary N) is 1. The summed E-state index contributed by atoms with van der Waals surface area (Å²) in [6, 6.07) is 7.57. The van der Waals surface area contributed by atoms with Gasteiger partial charge in [0.2, 0.25) is 0 Å². The zero-order valence-corrected chi connectivity index (χ0v) is 10.1. The van der Waals surface area contributed by atoms with Gasteiger partial charge in [-0.2, -0.15) is 0 Å². The molecule has 3 nitrogen and oxygen atoms in total. The first kappa shape index (κ1) is 15.0. The summed E-state index contributed by atoms with van der Waals surface area (Å²) in [5.74, 6) is 0.839. The largest absolute Gasteiger partial charge is 0.496 e. The van der Waals surface area contributed by atoms with Gasteiger partial charge in [0.1, 0.15) is 5.75 Å². The standard InChI is InChI=1S/C12H17NO2.ClH/c1-15-12-8-3-2-5-10(12)6-4-7-11(13)9-14;/h2-6,8,11,14H,7,9,13H2,1H3;1H/b6-4+;. The second kappa shape index (κ2) is 8.16. The second-order valence-corrected chi connectivity index (χ2v) is 3.32. The molecule has 1 atom stereocenters. The minimum absolute atomic E-state index is 0. The molecule has 90 valence electrons. The molecule has 0 heterocycles. The molecule has 0 aromatic heterocycles. The Hall–Kier alpha value is -1.03. The van der Waals surface area contributed by atoms with Crippen molar-refractivity contribution in [2.75, 3.05) is 13.7 Å². The van der Waals surface area contributed by atoms with E-state index in [4.69, 9.17) is 15.6 Å². The Kier molecular flexibility index (Phi) is 7.64. The van der Waals surface area contributed by atoms with Crippen LogP contribution in [0.1, 0.15) is 12.0 Å². The van der Waals surface area contributed by atoms with E-state index in [1.54, 1.807) is 7.11 Å². The lowest BCUT2D eigenvalue weighted by atomic mass is 10.1. The number of methoxy groups -OCH3 is 1. The molecule has 0 saturated carbocycles. The van der Waals surface area contributed by atoms with Crippen LogP contribution < -0.4 is 10.5 Å². The molecule has 4 heteroatoms. The van der Waals surface area contributed by atoms with Crippen LogP contribution in [0.25, 0.3) is 6.08 Å². The van der Waals surface area contributed by atoms with Gasteiger partial charge < -0.3 is 15.6 Å². The molecule has 1 rings (SSSR count). The van der Waals surface area contributed by atoms with Gasteiger partial charge in [-0.3, -0.25) is 0 Å². The lowest BCUT2D eigenvalue weighted by molar-refractivity contribution is 0.267. The van der Waals surface area contributed by atoms with E-state index < -0.39 is 0 Å². The summed E-state index contributed by atoms with van der Waals surface area (Å²) in [5, 5.41) is 8.75. The maximum Gasteiger partial charge on any atom is 0.126 e. The Morgan fingerprint density at radius 3 is 2.75 bits per heavy atom. The van der Waals surface area contributed by atoms with Crippen molar-refractivity contribution in [3.63, 3.8) is 0 Å². The molecule has 0 amide bonds. The number of aliphatic hydroxyl groups is 1. The number of benzene rings is 1. The molecule has 1 aromatic rings. The van der Waals surface area contributed by atoms with Crippen LogP contribution in [0.15, 0.2) is 30.3 Å². The fourth-order valence-electron chi connectivity index (χ4n) is 1.25. The van der Waals surface area contributed by atoms with Crippen molar-refractivity contribution < 1.29 is 9.84 Å². The van der Waals surface area contributed by atoms with Gasteiger partial charge in [-0.25, -0.2) is 0 Å². The molecule has 0 saturated heterocycles. The van der Waals surface area contributed by atoms with E-state index >= 15 is 0 Å². The highest BCUT2D eigenvalue weighted by Crippen LogP contribution is 2.18. The van der Waals surface area contributed by atoms with Gasteiger partial charge in [-0.1, -0.05) is 30.4 Å². The molecule has 0 bridgehead atoms. The Bertz CT molecular complexity index is 329. The van der Waals surface area contributed by atoms with Gasteiger partial charge in [0.05, 0.1) is 13.7 Å². The molecule has 3 N–H and O–H groups in total. The van der Waals surface area contributed by atoms with Crippen LogP contribution in [0.2, 0.25) is 0 Å². The molecule has 0 fully saturated rings. The first-order chi connectivity index (χ1) is 7.27. The van der Waals surface area contributed by atoms with E-state index in [9.17, 15) is 0 Å². The molecule has 1 aromatic carbocycles. The van der Waals surface area contributed by atoms with E-state index in [2.05, 4.69) is 0 Å². The first-order valence-corrected chi connectivity index (χ1v) is 4.94. The number of hydrogen-bond donors (Lipinski definition) is 2. The van der Waals surface area contributed by atoms with Crippen molar-refractivity contribution in [3.8, 4) is 5.75 Å². The normalized spacial score (nSPS) is 12.2. The third kappa shape index (κ3) is 4.66. The predicted molar refractivity (Wildman–Crippen MR) is 69.0 cm³/mol. The van der Waals surface area contributed by atoms with Gasteiger partial charge in [-0.15, -0.1) is 12.4 Å². The Balaban J connectivity index is 0.00000225. The fourth-order valence-corrected chi connectivity index (χ4v) is 1.25. The van der Waals surface area contributed by atoms with E-state index in [1.165, 1.54) is 0 Å². The number of hydrogen-bond acceptors (Lipinski definition) is 3. The lowest BCUT2D eigenvalue weighted by Crippen LogP contribution is -2.22. The molecule has 1 unspecified atom stereocenters. The molecule has 0 aliphatic rings. The summed E-state index contributed by atoms with van der Waals surface area (Å²) in [5.41, 5.74) is 6.59.